The van der Waals surface area contributed by atoms with Gasteiger partial charge in [0.15, 0.2) is 6.10 Å². The summed E-state index contributed by atoms with van der Waals surface area (Å²) in [5.41, 5.74) is 0.511. The highest BCUT2D eigenvalue weighted by Gasteiger charge is 2.29. The summed E-state index contributed by atoms with van der Waals surface area (Å²) in [5, 5.41) is 6.29. The number of ether oxygens (including phenoxy) is 1. The van der Waals surface area contributed by atoms with Crippen LogP contribution in [0, 0.1) is 19.3 Å². The van der Waals surface area contributed by atoms with E-state index in [4.69, 9.17) is 4.74 Å². The van der Waals surface area contributed by atoms with Gasteiger partial charge in [0, 0.05) is 16.3 Å². The van der Waals surface area contributed by atoms with E-state index in [1.807, 2.05) is 34.6 Å². The highest BCUT2D eigenvalue weighted by molar-refractivity contribution is 7.16. The summed E-state index contributed by atoms with van der Waals surface area (Å²) in [7, 11) is 0. The third-order valence-electron chi connectivity index (χ3n) is 5.10. The maximum atomic E-state index is 12.8. The molecule has 2 N–H and O–H groups in total. The minimum absolute atomic E-state index is 0.161. The van der Waals surface area contributed by atoms with Crippen molar-refractivity contribution in [2.24, 2.45) is 5.41 Å². The molecule has 0 spiro atoms. The lowest BCUT2D eigenvalue weighted by Crippen LogP contribution is -2.42. The van der Waals surface area contributed by atoms with Crippen LogP contribution in [0.3, 0.4) is 0 Å². The van der Waals surface area contributed by atoms with Gasteiger partial charge in [-0.1, -0.05) is 40.0 Å². The minimum Gasteiger partial charge on any atom is -0.449 e. The molecule has 28 heavy (non-hydrogen) atoms. The Balaban J connectivity index is 2.08. The number of carbonyl (C=O) groups excluding carboxylic acids is 3. The third-order valence-corrected chi connectivity index (χ3v) is 6.22. The summed E-state index contributed by atoms with van der Waals surface area (Å²) in [6.45, 7) is 10.7. The molecule has 1 aromatic rings. The number of anilines is 1. The molecular weight excluding hydrogens is 376 g/mol. The summed E-state index contributed by atoms with van der Waals surface area (Å²) in [4.78, 5) is 38.5. The molecule has 0 aliphatic heterocycles. The number of thiophene rings is 1. The Morgan fingerprint density at radius 3 is 2.29 bits per heavy atom. The van der Waals surface area contributed by atoms with Gasteiger partial charge in [0.05, 0.1) is 5.56 Å². The molecule has 1 aliphatic carbocycles. The Morgan fingerprint density at radius 2 is 1.71 bits per heavy atom. The lowest BCUT2D eigenvalue weighted by atomic mass is 9.95. The van der Waals surface area contributed by atoms with Gasteiger partial charge in [-0.3, -0.25) is 9.59 Å². The normalized spacial score (nSPS) is 16.4. The molecule has 1 atom stereocenters. The second-order valence-electron chi connectivity index (χ2n) is 8.58. The molecule has 0 aromatic carbocycles. The molecule has 7 heteroatoms. The average Bonchev–Trinajstić information content (AvgIpc) is 2.88. The largest absolute Gasteiger partial charge is 0.449 e. The molecule has 2 amide bonds. The number of hydrogen-bond acceptors (Lipinski definition) is 5. The lowest BCUT2D eigenvalue weighted by molar-refractivity contribution is -0.130. The quantitative estimate of drug-likeness (QED) is 0.710. The van der Waals surface area contributed by atoms with Crippen molar-refractivity contribution in [3.05, 3.63) is 16.0 Å². The fraction of sp³-hybridized carbons (Fsp3) is 0.667. The van der Waals surface area contributed by atoms with E-state index in [9.17, 15) is 14.4 Å². The van der Waals surface area contributed by atoms with Crippen LogP contribution in [-0.2, 0) is 14.3 Å². The van der Waals surface area contributed by atoms with Crippen LogP contribution >= 0.6 is 11.3 Å². The molecule has 0 radical (unpaired) electrons. The summed E-state index contributed by atoms with van der Waals surface area (Å²) in [5.74, 6) is -1.03. The van der Waals surface area contributed by atoms with Crippen molar-refractivity contribution in [3.63, 3.8) is 0 Å². The van der Waals surface area contributed by atoms with Gasteiger partial charge in [0.25, 0.3) is 5.91 Å². The first kappa shape index (κ1) is 22.4. The van der Waals surface area contributed by atoms with Crippen molar-refractivity contribution in [2.75, 3.05) is 5.32 Å². The van der Waals surface area contributed by atoms with Crippen LogP contribution in [0.25, 0.3) is 0 Å². The first-order valence-electron chi connectivity index (χ1n) is 9.93. The molecule has 0 saturated heterocycles. The molecule has 1 aromatic heterocycles. The Kier molecular flexibility index (Phi) is 7.26. The van der Waals surface area contributed by atoms with Gasteiger partial charge in [0.2, 0.25) is 5.91 Å². The van der Waals surface area contributed by atoms with Crippen molar-refractivity contribution in [1.29, 1.82) is 0 Å². The summed E-state index contributed by atoms with van der Waals surface area (Å²) < 4.78 is 5.45. The van der Waals surface area contributed by atoms with Gasteiger partial charge in [0.1, 0.15) is 5.00 Å². The van der Waals surface area contributed by atoms with Gasteiger partial charge < -0.3 is 15.4 Å². The van der Waals surface area contributed by atoms with Gasteiger partial charge in [-0.25, -0.2) is 4.79 Å². The predicted octanol–water partition coefficient (Wildman–Crippen LogP) is 4.34. The van der Waals surface area contributed by atoms with Crippen molar-refractivity contribution < 1.29 is 19.1 Å². The van der Waals surface area contributed by atoms with E-state index in [1.165, 1.54) is 17.8 Å². The average molecular weight is 409 g/mol. The van der Waals surface area contributed by atoms with Crippen molar-refractivity contribution in [3.8, 4) is 0 Å². The topological polar surface area (TPSA) is 84.5 Å². The number of aryl methyl sites for hydroxylation is 1. The number of carbonyl (C=O) groups is 3. The number of rotatable bonds is 5. The monoisotopic (exact) mass is 408 g/mol. The smallest absolute Gasteiger partial charge is 0.342 e. The fourth-order valence-electron chi connectivity index (χ4n) is 3.09. The molecule has 1 heterocycles. The molecule has 1 unspecified atom stereocenters. The van der Waals surface area contributed by atoms with E-state index >= 15 is 0 Å². The maximum Gasteiger partial charge on any atom is 0.342 e. The second-order valence-corrected chi connectivity index (χ2v) is 9.81. The maximum absolute atomic E-state index is 12.8. The highest BCUT2D eigenvalue weighted by Crippen LogP contribution is 2.34. The van der Waals surface area contributed by atoms with E-state index in [0.29, 0.717) is 10.6 Å². The Labute approximate surface area is 171 Å². The van der Waals surface area contributed by atoms with Crippen molar-refractivity contribution in [1.82, 2.24) is 5.32 Å². The molecular formula is C21H32N2O4S. The Bertz CT molecular complexity index is 742. The number of nitrogens with one attached hydrogen (secondary N) is 2. The van der Waals surface area contributed by atoms with Crippen LogP contribution in [-0.4, -0.2) is 29.9 Å². The van der Waals surface area contributed by atoms with Crippen LogP contribution in [0.5, 0.6) is 0 Å². The Hall–Kier alpha value is -1.89. The molecule has 1 aliphatic rings. The van der Waals surface area contributed by atoms with Gasteiger partial charge in [-0.05, 0) is 39.2 Å². The van der Waals surface area contributed by atoms with E-state index in [1.54, 1.807) is 6.92 Å². The second kappa shape index (κ2) is 9.07. The van der Waals surface area contributed by atoms with Crippen LogP contribution in [0.1, 0.15) is 80.6 Å². The minimum atomic E-state index is -0.889. The lowest BCUT2D eigenvalue weighted by Gasteiger charge is -2.24. The van der Waals surface area contributed by atoms with Crippen LogP contribution in [0.2, 0.25) is 0 Å². The van der Waals surface area contributed by atoms with Gasteiger partial charge in [-0.2, -0.15) is 0 Å². The zero-order chi connectivity index (χ0) is 21.1. The zero-order valence-corrected chi connectivity index (χ0v) is 18.5. The molecule has 1 saturated carbocycles. The molecule has 2 rings (SSSR count). The van der Waals surface area contributed by atoms with E-state index in [-0.39, 0.29) is 17.9 Å². The number of esters is 1. The van der Waals surface area contributed by atoms with Crippen molar-refractivity contribution >= 4 is 34.1 Å². The number of amides is 2. The molecule has 0 bridgehead atoms. The summed E-state index contributed by atoms with van der Waals surface area (Å²) in [6, 6.07) is 0.161. The third kappa shape index (κ3) is 5.56. The molecule has 156 valence electrons. The van der Waals surface area contributed by atoms with Crippen LogP contribution in [0.15, 0.2) is 0 Å². The molecule has 6 nitrogen and oxygen atoms in total. The van der Waals surface area contributed by atoms with Crippen LogP contribution in [0.4, 0.5) is 5.00 Å². The predicted molar refractivity (Wildman–Crippen MR) is 112 cm³/mol. The fourth-order valence-corrected chi connectivity index (χ4v) is 4.13. The highest BCUT2D eigenvalue weighted by atomic mass is 32.1. The first-order chi connectivity index (χ1) is 13.0. The van der Waals surface area contributed by atoms with E-state index in [0.717, 1.165) is 36.1 Å². The SMILES string of the molecule is Cc1sc(NC(=O)C(C)(C)C)c(C(=O)OC(C)C(=O)NC2CCCCC2)c1C. The van der Waals surface area contributed by atoms with Crippen molar-refractivity contribution in [2.45, 2.75) is 85.8 Å². The number of hydrogen-bond donors (Lipinski definition) is 2. The first-order valence-corrected chi connectivity index (χ1v) is 10.7. The van der Waals surface area contributed by atoms with Gasteiger partial charge >= 0.3 is 5.97 Å². The summed E-state index contributed by atoms with van der Waals surface area (Å²) in [6.07, 6.45) is 4.49. The zero-order valence-electron chi connectivity index (χ0n) is 17.7. The van der Waals surface area contributed by atoms with E-state index < -0.39 is 17.5 Å². The van der Waals surface area contributed by atoms with Crippen LogP contribution < -0.4 is 10.6 Å². The molecule has 1 fully saturated rings. The Morgan fingerprint density at radius 1 is 1.11 bits per heavy atom. The standard InChI is InChI=1S/C21H32N2O4S/c1-12-14(3)28-18(23-20(26)21(4,5)6)16(12)19(25)27-13(2)17(24)22-15-10-8-7-9-11-15/h13,15H,7-11H2,1-6H3,(H,22,24)(H,23,26). The summed E-state index contributed by atoms with van der Waals surface area (Å²) >= 11 is 1.34. The van der Waals surface area contributed by atoms with E-state index in [2.05, 4.69) is 10.6 Å². The van der Waals surface area contributed by atoms with Gasteiger partial charge in [-0.15, -0.1) is 11.3 Å².